The molecule has 3 rings (SSSR count). The number of fused-ring (bicyclic) bond motifs is 1. The van der Waals surface area contributed by atoms with Gasteiger partial charge in [-0.2, -0.15) is 0 Å². The minimum absolute atomic E-state index is 0.0854. The molecule has 0 unspecified atom stereocenters. The van der Waals surface area contributed by atoms with E-state index in [9.17, 15) is 9.59 Å². The van der Waals surface area contributed by atoms with Gasteiger partial charge in [-0.05, 0) is 41.4 Å². The van der Waals surface area contributed by atoms with Crippen LogP contribution >= 0.6 is 12.2 Å². The van der Waals surface area contributed by atoms with Crippen LogP contribution in [-0.4, -0.2) is 54.0 Å². The van der Waals surface area contributed by atoms with Crippen LogP contribution in [0.4, 0.5) is 0 Å². The second-order valence-corrected chi connectivity index (χ2v) is 7.81. The molecule has 154 valence electrons. The van der Waals surface area contributed by atoms with Gasteiger partial charge in [0.15, 0.2) is 5.11 Å². The first kappa shape index (κ1) is 21.0. The number of hydrogen-bond acceptors (Lipinski definition) is 3. The quantitative estimate of drug-likeness (QED) is 0.655. The van der Waals surface area contributed by atoms with Gasteiger partial charge in [0.2, 0.25) is 11.8 Å². The van der Waals surface area contributed by atoms with E-state index in [1.54, 1.807) is 0 Å². The lowest BCUT2D eigenvalue weighted by molar-refractivity contribution is -0.128. The summed E-state index contributed by atoms with van der Waals surface area (Å²) < 4.78 is 0. The molecule has 1 fully saturated rings. The van der Waals surface area contributed by atoms with Crippen molar-refractivity contribution < 1.29 is 9.59 Å². The van der Waals surface area contributed by atoms with Crippen LogP contribution < -0.4 is 16.0 Å². The van der Waals surface area contributed by atoms with Crippen LogP contribution in [0.3, 0.4) is 0 Å². The third-order valence-corrected chi connectivity index (χ3v) is 5.80. The minimum Gasteiger partial charge on any atom is -0.366 e. The third kappa shape index (κ3) is 5.44. The molecule has 3 N–H and O–H groups in total. The Bertz CT molecular complexity index is 888. The summed E-state index contributed by atoms with van der Waals surface area (Å²) in [5, 5.41) is 11.9. The first-order chi connectivity index (χ1) is 14.0. The molecule has 1 aliphatic heterocycles. The van der Waals surface area contributed by atoms with Gasteiger partial charge in [-0.15, -0.1) is 0 Å². The summed E-state index contributed by atoms with van der Waals surface area (Å²) in [5.74, 6) is -0.345. The predicted octanol–water partition coefficient (Wildman–Crippen LogP) is 1.97. The van der Waals surface area contributed by atoms with Crippen LogP contribution in [0.2, 0.25) is 0 Å². The topological polar surface area (TPSA) is 73.5 Å². The fourth-order valence-electron chi connectivity index (χ4n) is 3.83. The maximum Gasteiger partial charge on any atom is 0.243 e. The Morgan fingerprint density at radius 1 is 1.14 bits per heavy atom. The summed E-state index contributed by atoms with van der Waals surface area (Å²) in [5.41, 5.74) is 1.05. The molecule has 1 aliphatic rings. The highest BCUT2D eigenvalue weighted by molar-refractivity contribution is 7.80. The molecule has 1 atom stereocenters. The van der Waals surface area contributed by atoms with Crippen LogP contribution in [0, 0.1) is 0 Å². The summed E-state index contributed by atoms with van der Waals surface area (Å²) in [4.78, 5) is 26.8. The molecule has 0 saturated carbocycles. The number of hydrogen-bond donors (Lipinski definition) is 3. The van der Waals surface area contributed by atoms with Crippen LogP contribution in [0.1, 0.15) is 25.3 Å². The van der Waals surface area contributed by atoms with E-state index in [2.05, 4.69) is 33.0 Å². The molecule has 1 heterocycles. The fourth-order valence-corrected chi connectivity index (χ4v) is 4.01. The number of thiocarbonyl (C=S) groups is 1. The van der Waals surface area contributed by atoms with Crippen LogP contribution in [-0.2, 0) is 16.0 Å². The zero-order chi connectivity index (χ0) is 20.8. The lowest BCUT2D eigenvalue weighted by Crippen LogP contribution is -2.53. The standard InChI is InChI=1S/C22H28N4O2S/c1-15(27)24-20(14-17-8-5-7-16-6-3-4-9-19(16)17)21(28)25-18-10-12-26(13-11-18)22(29)23-2/h3-9,18,20H,10-14H2,1-2H3,(H,23,29)(H,24,27)(H,25,28)/t20-/m0/s1. The minimum atomic E-state index is -0.602. The monoisotopic (exact) mass is 412 g/mol. The van der Waals surface area contributed by atoms with E-state index in [0.29, 0.717) is 6.42 Å². The van der Waals surface area contributed by atoms with E-state index < -0.39 is 6.04 Å². The van der Waals surface area contributed by atoms with Crippen molar-refractivity contribution in [3.05, 3.63) is 48.0 Å². The van der Waals surface area contributed by atoms with Gasteiger partial charge in [0.25, 0.3) is 0 Å². The fraction of sp³-hybridized carbons (Fsp3) is 0.409. The first-order valence-corrected chi connectivity index (χ1v) is 10.4. The Morgan fingerprint density at radius 2 is 1.83 bits per heavy atom. The molecular formula is C22H28N4O2S. The number of carbonyl (C=O) groups excluding carboxylic acids is 2. The number of amides is 2. The number of carbonyl (C=O) groups is 2. The normalized spacial score (nSPS) is 15.6. The van der Waals surface area contributed by atoms with E-state index >= 15 is 0 Å². The number of rotatable bonds is 5. The Kier molecular flexibility index (Phi) is 7.04. The van der Waals surface area contributed by atoms with Gasteiger partial charge in [0.05, 0.1) is 0 Å². The molecule has 2 aromatic carbocycles. The molecule has 29 heavy (non-hydrogen) atoms. The number of nitrogens with zero attached hydrogens (tertiary/aromatic N) is 1. The zero-order valence-electron chi connectivity index (χ0n) is 16.9. The van der Waals surface area contributed by atoms with Crippen molar-refractivity contribution in [1.29, 1.82) is 0 Å². The Hall–Kier alpha value is -2.67. The zero-order valence-corrected chi connectivity index (χ0v) is 17.7. The Labute approximate surface area is 177 Å². The van der Waals surface area contributed by atoms with Gasteiger partial charge in [0, 0.05) is 39.5 Å². The van der Waals surface area contributed by atoms with Crippen molar-refractivity contribution in [3.63, 3.8) is 0 Å². The van der Waals surface area contributed by atoms with Crippen molar-refractivity contribution in [2.24, 2.45) is 0 Å². The molecular weight excluding hydrogens is 384 g/mol. The van der Waals surface area contributed by atoms with Crippen molar-refractivity contribution in [2.45, 2.75) is 38.3 Å². The van der Waals surface area contributed by atoms with Crippen molar-refractivity contribution >= 4 is 39.9 Å². The van der Waals surface area contributed by atoms with Crippen LogP contribution in [0.25, 0.3) is 10.8 Å². The van der Waals surface area contributed by atoms with Crippen molar-refractivity contribution in [3.8, 4) is 0 Å². The average Bonchev–Trinajstić information content (AvgIpc) is 2.73. The van der Waals surface area contributed by atoms with Gasteiger partial charge >= 0.3 is 0 Å². The Morgan fingerprint density at radius 3 is 2.52 bits per heavy atom. The van der Waals surface area contributed by atoms with Gasteiger partial charge in [0.1, 0.15) is 6.04 Å². The molecule has 0 aromatic heterocycles. The van der Waals surface area contributed by atoms with Crippen LogP contribution in [0.15, 0.2) is 42.5 Å². The summed E-state index contributed by atoms with van der Waals surface area (Å²) in [7, 11) is 1.82. The van der Waals surface area contributed by atoms with Crippen molar-refractivity contribution in [1.82, 2.24) is 20.9 Å². The SMILES string of the molecule is CNC(=S)N1CCC(NC(=O)[C@H](Cc2cccc3ccccc23)NC(C)=O)CC1. The molecule has 2 aromatic rings. The smallest absolute Gasteiger partial charge is 0.243 e. The first-order valence-electron chi connectivity index (χ1n) is 9.98. The average molecular weight is 413 g/mol. The van der Waals surface area contributed by atoms with Crippen molar-refractivity contribution in [2.75, 3.05) is 20.1 Å². The summed E-state index contributed by atoms with van der Waals surface area (Å²) in [6, 6.07) is 13.6. The lowest BCUT2D eigenvalue weighted by Gasteiger charge is -2.34. The van der Waals surface area contributed by atoms with E-state index in [1.807, 2.05) is 37.4 Å². The van der Waals surface area contributed by atoms with E-state index in [4.69, 9.17) is 12.2 Å². The third-order valence-electron chi connectivity index (χ3n) is 5.34. The molecule has 6 nitrogen and oxygen atoms in total. The molecule has 2 amide bonds. The predicted molar refractivity (Wildman–Crippen MR) is 120 cm³/mol. The lowest BCUT2D eigenvalue weighted by atomic mass is 9.97. The van der Waals surface area contributed by atoms with Gasteiger partial charge in [-0.1, -0.05) is 42.5 Å². The number of nitrogens with one attached hydrogen (secondary N) is 3. The Balaban J connectivity index is 1.68. The number of benzene rings is 2. The van der Waals surface area contributed by atoms with Gasteiger partial charge in [-0.25, -0.2) is 0 Å². The molecule has 1 saturated heterocycles. The van der Waals surface area contributed by atoms with Gasteiger partial charge < -0.3 is 20.9 Å². The highest BCUT2D eigenvalue weighted by Gasteiger charge is 2.26. The molecule has 0 spiro atoms. The summed E-state index contributed by atoms with van der Waals surface area (Å²) in [6.07, 6.45) is 2.11. The van der Waals surface area contributed by atoms with E-state index in [-0.39, 0.29) is 17.9 Å². The highest BCUT2D eigenvalue weighted by Crippen LogP contribution is 2.20. The molecule has 7 heteroatoms. The molecule has 0 radical (unpaired) electrons. The second-order valence-electron chi connectivity index (χ2n) is 7.42. The van der Waals surface area contributed by atoms with Gasteiger partial charge in [-0.3, -0.25) is 9.59 Å². The van der Waals surface area contributed by atoms with E-state index in [0.717, 1.165) is 47.4 Å². The van der Waals surface area contributed by atoms with E-state index in [1.165, 1.54) is 6.92 Å². The number of likely N-dealkylation sites (tertiary alicyclic amines) is 1. The maximum absolute atomic E-state index is 13.0. The summed E-state index contributed by atoms with van der Waals surface area (Å²) in [6.45, 7) is 3.05. The highest BCUT2D eigenvalue weighted by atomic mass is 32.1. The largest absolute Gasteiger partial charge is 0.366 e. The molecule has 0 aliphatic carbocycles. The second kappa shape index (κ2) is 9.69. The molecule has 0 bridgehead atoms. The van der Waals surface area contributed by atoms with Crippen LogP contribution in [0.5, 0.6) is 0 Å². The number of piperidine rings is 1. The summed E-state index contributed by atoms with van der Waals surface area (Å²) >= 11 is 5.28. The maximum atomic E-state index is 13.0.